The second kappa shape index (κ2) is 11.4. The number of anilines is 4. The number of nitrogens with one attached hydrogen (secondary N) is 3. The highest BCUT2D eigenvalue weighted by molar-refractivity contribution is 7.14. The van der Waals surface area contributed by atoms with Gasteiger partial charge in [0.2, 0.25) is 0 Å². The van der Waals surface area contributed by atoms with Crippen molar-refractivity contribution in [3.63, 3.8) is 0 Å². The SMILES string of the molecule is CC(C)c1nnc(-c2cccc(NC(=O)c3cnc4c(Nc5ccccc5)cc(NC5CCCCC5)nn34)c2)s1. The predicted molar refractivity (Wildman–Crippen MR) is 161 cm³/mol. The maximum Gasteiger partial charge on any atom is 0.276 e. The first-order chi connectivity index (χ1) is 19.5. The zero-order chi connectivity index (χ0) is 27.5. The molecular formula is C30H32N8OS. The highest BCUT2D eigenvalue weighted by Gasteiger charge is 2.20. The van der Waals surface area contributed by atoms with Crippen LogP contribution in [0.15, 0.2) is 66.9 Å². The lowest BCUT2D eigenvalue weighted by Crippen LogP contribution is -2.24. The highest BCUT2D eigenvalue weighted by atomic mass is 32.1. The molecule has 1 amide bonds. The van der Waals surface area contributed by atoms with Crippen LogP contribution in [0.5, 0.6) is 0 Å². The molecule has 3 heterocycles. The zero-order valence-electron chi connectivity index (χ0n) is 22.6. The molecule has 0 radical (unpaired) electrons. The molecule has 3 N–H and O–H groups in total. The third-order valence-electron chi connectivity index (χ3n) is 7.01. The molecule has 0 bridgehead atoms. The molecule has 0 aliphatic heterocycles. The lowest BCUT2D eigenvalue weighted by atomic mass is 9.95. The van der Waals surface area contributed by atoms with Gasteiger partial charge in [-0.05, 0) is 37.1 Å². The molecule has 0 atom stereocenters. The van der Waals surface area contributed by atoms with E-state index in [0.717, 1.165) is 39.8 Å². The minimum absolute atomic E-state index is 0.294. The number of hydrogen-bond acceptors (Lipinski definition) is 8. The largest absolute Gasteiger partial charge is 0.366 e. The van der Waals surface area contributed by atoms with E-state index in [-0.39, 0.29) is 5.91 Å². The molecule has 1 saturated carbocycles. The summed E-state index contributed by atoms with van der Waals surface area (Å²) in [6.45, 7) is 4.20. The van der Waals surface area contributed by atoms with Crippen molar-refractivity contribution in [2.75, 3.05) is 16.0 Å². The molecular weight excluding hydrogens is 520 g/mol. The quantitative estimate of drug-likeness (QED) is 0.188. The first-order valence-corrected chi connectivity index (χ1v) is 14.6. The number of fused-ring (bicyclic) bond motifs is 1. The van der Waals surface area contributed by atoms with Crippen molar-refractivity contribution in [1.29, 1.82) is 0 Å². The van der Waals surface area contributed by atoms with E-state index in [1.54, 1.807) is 22.0 Å². The number of amides is 1. The third-order valence-corrected chi connectivity index (χ3v) is 8.29. The Kier molecular flexibility index (Phi) is 7.41. The van der Waals surface area contributed by atoms with Gasteiger partial charge in [0.15, 0.2) is 11.3 Å². The smallest absolute Gasteiger partial charge is 0.276 e. The fourth-order valence-electron chi connectivity index (χ4n) is 4.93. The summed E-state index contributed by atoms with van der Waals surface area (Å²) in [6.07, 6.45) is 7.49. The van der Waals surface area contributed by atoms with Crippen molar-refractivity contribution in [2.24, 2.45) is 0 Å². The van der Waals surface area contributed by atoms with Crippen LogP contribution in [0.25, 0.3) is 16.2 Å². The Morgan fingerprint density at radius 3 is 2.55 bits per heavy atom. The van der Waals surface area contributed by atoms with E-state index in [4.69, 9.17) is 5.10 Å². The van der Waals surface area contributed by atoms with Crippen LogP contribution in [-0.4, -0.2) is 36.7 Å². The van der Waals surface area contributed by atoms with Gasteiger partial charge in [0.1, 0.15) is 15.8 Å². The summed E-state index contributed by atoms with van der Waals surface area (Å²) in [5, 5.41) is 25.3. The fourth-order valence-corrected chi connectivity index (χ4v) is 5.77. The third kappa shape index (κ3) is 5.67. The number of carbonyl (C=O) groups excluding carboxylic acids is 1. The second-order valence-electron chi connectivity index (χ2n) is 10.4. The van der Waals surface area contributed by atoms with Crippen molar-refractivity contribution < 1.29 is 4.79 Å². The van der Waals surface area contributed by atoms with Crippen LogP contribution >= 0.6 is 11.3 Å². The van der Waals surface area contributed by atoms with E-state index in [2.05, 4.69) is 45.0 Å². The molecule has 3 aromatic heterocycles. The Labute approximate surface area is 237 Å². The van der Waals surface area contributed by atoms with Crippen LogP contribution in [0.2, 0.25) is 0 Å². The van der Waals surface area contributed by atoms with Gasteiger partial charge in [0, 0.05) is 35.0 Å². The van der Waals surface area contributed by atoms with Crippen LogP contribution in [0.3, 0.4) is 0 Å². The molecule has 204 valence electrons. The van der Waals surface area contributed by atoms with Gasteiger partial charge in [-0.3, -0.25) is 4.79 Å². The van der Waals surface area contributed by atoms with Gasteiger partial charge in [-0.2, -0.15) is 0 Å². The van der Waals surface area contributed by atoms with Crippen molar-refractivity contribution in [2.45, 2.75) is 57.9 Å². The fraction of sp³-hybridized carbons (Fsp3) is 0.300. The number of carbonyl (C=O) groups is 1. The van der Waals surface area contributed by atoms with Crippen LogP contribution in [0.1, 0.15) is 67.4 Å². The molecule has 1 fully saturated rings. The molecule has 10 heteroatoms. The molecule has 9 nitrogen and oxygen atoms in total. The van der Waals surface area contributed by atoms with Gasteiger partial charge >= 0.3 is 0 Å². The Hall–Kier alpha value is -4.31. The first-order valence-electron chi connectivity index (χ1n) is 13.8. The average Bonchev–Trinajstić information content (AvgIpc) is 3.63. The first kappa shape index (κ1) is 25.9. The number of para-hydroxylation sites is 1. The summed E-state index contributed by atoms with van der Waals surface area (Å²) in [4.78, 5) is 18.1. The zero-order valence-corrected chi connectivity index (χ0v) is 23.4. The molecule has 0 saturated heterocycles. The van der Waals surface area contributed by atoms with E-state index in [0.29, 0.717) is 34.8 Å². The minimum Gasteiger partial charge on any atom is -0.366 e. The summed E-state index contributed by atoms with van der Waals surface area (Å²) in [5.74, 6) is 0.734. The number of rotatable bonds is 8. The highest BCUT2D eigenvalue weighted by Crippen LogP contribution is 2.30. The summed E-state index contributed by atoms with van der Waals surface area (Å²) in [7, 11) is 0. The summed E-state index contributed by atoms with van der Waals surface area (Å²) < 4.78 is 1.62. The Morgan fingerprint density at radius 2 is 1.77 bits per heavy atom. The van der Waals surface area contributed by atoms with Gasteiger partial charge in [-0.25, -0.2) is 9.50 Å². The van der Waals surface area contributed by atoms with E-state index >= 15 is 0 Å². The lowest BCUT2D eigenvalue weighted by molar-refractivity contribution is 0.102. The van der Waals surface area contributed by atoms with Gasteiger partial charge in [0.05, 0.1) is 11.9 Å². The maximum absolute atomic E-state index is 13.5. The van der Waals surface area contributed by atoms with E-state index in [9.17, 15) is 4.79 Å². The van der Waals surface area contributed by atoms with Gasteiger partial charge in [-0.15, -0.1) is 15.3 Å². The van der Waals surface area contributed by atoms with Crippen LogP contribution < -0.4 is 16.0 Å². The number of nitrogens with zero attached hydrogens (tertiary/aromatic N) is 5. The van der Waals surface area contributed by atoms with Gasteiger partial charge in [-0.1, -0.05) is 74.8 Å². The maximum atomic E-state index is 13.5. The number of imidazole rings is 1. The lowest BCUT2D eigenvalue weighted by Gasteiger charge is -2.23. The standard InChI is InChI=1S/C30H32N8OS/c1-19(2)29-35-36-30(40-29)20-10-9-15-23(16-20)34-28(39)25-18-31-27-24(32-21-11-5-3-6-12-21)17-26(37-38(25)27)33-22-13-7-4-8-14-22/h3,5-6,9-12,15-19,22,32H,4,7-8,13-14H2,1-2H3,(H,33,37)(H,34,39). The monoisotopic (exact) mass is 552 g/mol. The Bertz CT molecular complexity index is 1620. The molecule has 0 spiro atoms. The molecule has 0 unspecified atom stereocenters. The number of hydrogen-bond donors (Lipinski definition) is 3. The topological polar surface area (TPSA) is 109 Å². The minimum atomic E-state index is -0.294. The molecule has 1 aliphatic rings. The van der Waals surface area contributed by atoms with E-state index in [1.807, 2.05) is 60.7 Å². The average molecular weight is 553 g/mol. The normalized spacial score (nSPS) is 14.0. The summed E-state index contributed by atoms with van der Waals surface area (Å²) >= 11 is 1.57. The van der Waals surface area contributed by atoms with Crippen molar-refractivity contribution in [3.8, 4) is 10.6 Å². The molecule has 40 heavy (non-hydrogen) atoms. The van der Waals surface area contributed by atoms with Gasteiger partial charge in [0.25, 0.3) is 5.91 Å². The van der Waals surface area contributed by atoms with E-state index in [1.165, 1.54) is 19.3 Å². The molecule has 1 aliphatic carbocycles. The van der Waals surface area contributed by atoms with E-state index < -0.39 is 0 Å². The molecule has 6 rings (SSSR count). The van der Waals surface area contributed by atoms with Crippen LogP contribution in [0, 0.1) is 0 Å². The van der Waals surface area contributed by atoms with Crippen molar-refractivity contribution in [3.05, 3.63) is 77.6 Å². The number of aromatic nitrogens is 5. The van der Waals surface area contributed by atoms with Crippen LogP contribution in [0.4, 0.5) is 22.9 Å². The molecule has 2 aromatic carbocycles. The molecule has 5 aromatic rings. The van der Waals surface area contributed by atoms with Crippen LogP contribution in [-0.2, 0) is 0 Å². The summed E-state index contributed by atoms with van der Waals surface area (Å²) in [6, 6.07) is 19.9. The predicted octanol–water partition coefficient (Wildman–Crippen LogP) is 7.11. The second-order valence-corrected chi connectivity index (χ2v) is 11.4. The Balaban J connectivity index is 1.30. The summed E-state index contributed by atoms with van der Waals surface area (Å²) in [5.41, 5.74) is 4.21. The number of benzene rings is 2. The van der Waals surface area contributed by atoms with Crippen molar-refractivity contribution >= 4 is 45.8 Å². The Morgan fingerprint density at radius 1 is 0.975 bits per heavy atom. The van der Waals surface area contributed by atoms with Crippen molar-refractivity contribution in [1.82, 2.24) is 24.8 Å². The van der Waals surface area contributed by atoms with Gasteiger partial charge < -0.3 is 16.0 Å².